The van der Waals surface area contributed by atoms with E-state index in [1.54, 1.807) is 0 Å². The van der Waals surface area contributed by atoms with Crippen LogP contribution in [0.1, 0.15) is 47.4 Å². The second-order valence-electron chi connectivity index (χ2n) is 5.95. The van der Waals surface area contributed by atoms with Gasteiger partial charge in [-0.2, -0.15) is 5.10 Å². The monoisotopic (exact) mass is 247 g/mol. The van der Waals surface area contributed by atoms with Gasteiger partial charge in [0.25, 0.3) is 5.91 Å². The SMILES string of the molecule is Cc1n[nH]c(C)c1C(=O)NCC1CC2CCC1C2. The number of carbonyl (C=O) groups is 1. The molecule has 0 aliphatic heterocycles. The molecule has 18 heavy (non-hydrogen) atoms. The molecule has 1 amide bonds. The van der Waals surface area contributed by atoms with E-state index in [1.165, 1.54) is 25.7 Å². The van der Waals surface area contributed by atoms with Gasteiger partial charge in [-0.05, 0) is 50.9 Å². The highest BCUT2D eigenvalue weighted by atomic mass is 16.1. The largest absolute Gasteiger partial charge is 0.352 e. The number of nitrogens with zero attached hydrogens (tertiary/aromatic N) is 1. The number of nitrogens with one attached hydrogen (secondary N) is 2. The third-order valence-electron chi connectivity index (χ3n) is 4.76. The van der Waals surface area contributed by atoms with Crippen molar-refractivity contribution < 1.29 is 4.79 Å². The van der Waals surface area contributed by atoms with Gasteiger partial charge in [-0.25, -0.2) is 0 Å². The second kappa shape index (κ2) is 4.41. The summed E-state index contributed by atoms with van der Waals surface area (Å²) in [7, 11) is 0. The molecule has 1 aromatic heterocycles. The lowest BCUT2D eigenvalue weighted by Crippen LogP contribution is -2.32. The van der Waals surface area contributed by atoms with E-state index in [0.717, 1.165) is 35.3 Å². The summed E-state index contributed by atoms with van der Waals surface area (Å²) in [5, 5.41) is 10.0. The molecule has 0 spiro atoms. The summed E-state index contributed by atoms with van der Waals surface area (Å²) >= 11 is 0. The van der Waals surface area contributed by atoms with E-state index in [4.69, 9.17) is 0 Å². The molecule has 0 saturated heterocycles. The Morgan fingerprint density at radius 3 is 2.78 bits per heavy atom. The maximum absolute atomic E-state index is 12.1. The fourth-order valence-corrected chi connectivity index (χ4v) is 3.82. The van der Waals surface area contributed by atoms with Crippen LogP contribution >= 0.6 is 0 Å². The minimum absolute atomic E-state index is 0.0292. The molecule has 1 heterocycles. The molecule has 4 heteroatoms. The number of hydrogen-bond donors (Lipinski definition) is 2. The molecule has 2 aliphatic carbocycles. The van der Waals surface area contributed by atoms with Crippen molar-refractivity contribution in [2.75, 3.05) is 6.54 Å². The van der Waals surface area contributed by atoms with Crippen LogP contribution in [0.3, 0.4) is 0 Å². The first-order valence-electron chi connectivity index (χ1n) is 6.95. The molecule has 2 aliphatic rings. The maximum atomic E-state index is 12.1. The van der Waals surface area contributed by atoms with Crippen LogP contribution in [0.5, 0.6) is 0 Å². The highest BCUT2D eigenvalue weighted by molar-refractivity contribution is 5.96. The molecule has 0 radical (unpaired) electrons. The van der Waals surface area contributed by atoms with Gasteiger partial charge in [0.2, 0.25) is 0 Å². The van der Waals surface area contributed by atoms with Crippen LogP contribution in [0.2, 0.25) is 0 Å². The Morgan fingerprint density at radius 2 is 2.22 bits per heavy atom. The van der Waals surface area contributed by atoms with Gasteiger partial charge < -0.3 is 5.32 Å². The van der Waals surface area contributed by atoms with E-state index >= 15 is 0 Å². The summed E-state index contributed by atoms with van der Waals surface area (Å²) < 4.78 is 0. The summed E-state index contributed by atoms with van der Waals surface area (Å²) in [5.41, 5.74) is 2.37. The van der Waals surface area contributed by atoms with Crippen LogP contribution in [-0.4, -0.2) is 22.6 Å². The van der Waals surface area contributed by atoms with Crippen molar-refractivity contribution in [3.63, 3.8) is 0 Å². The normalized spacial score (nSPS) is 29.8. The van der Waals surface area contributed by atoms with Crippen molar-refractivity contribution in [1.82, 2.24) is 15.5 Å². The highest BCUT2D eigenvalue weighted by Crippen LogP contribution is 2.47. The van der Waals surface area contributed by atoms with Crippen molar-refractivity contribution in [2.24, 2.45) is 17.8 Å². The molecule has 3 unspecified atom stereocenters. The lowest BCUT2D eigenvalue weighted by atomic mass is 9.89. The van der Waals surface area contributed by atoms with Gasteiger partial charge >= 0.3 is 0 Å². The van der Waals surface area contributed by atoms with Crippen molar-refractivity contribution in [2.45, 2.75) is 39.5 Å². The molecule has 3 rings (SSSR count). The third-order valence-corrected chi connectivity index (χ3v) is 4.76. The molecule has 4 nitrogen and oxygen atoms in total. The van der Waals surface area contributed by atoms with Crippen LogP contribution in [0.4, 0.5) is 0 Å². The maximum Gasteiger partial charge on any atom is 0.255 e. The number of rotatable bonds is 3. The van der Waals surface area contributed by atoms with E-state index in [0.29, 0.717) is 5.92 Å². The number of H-pyrrole nitrogens is 1. The van der Waals surface area contributed by atoms with Gasteiger partial charge in [0.1, 0.15) is 0 Å². The van der Waals surface area contributed by atoms with Gasteiger partial charge in [0, 0.05) is 12.2 Å². The molecular formula is C14H21N3O. The summed E-state index contributed by atoms with van der Waals surface area (Å²) in [6, 6.07) is 0. The van der Waals surface area contributed by atoms with Crippen molar-refractivity contribution in [3.05, 3.63) is 17.0 Å². The number of aromatic nitrogens is 2. The molecule has 2 N–H and O–H groups in total. The molecule has 1 aromatic rings. The van der Waals surface area contributed by atoms with E-state index in [1.807, 2.05) is 13.8 Å². The predicted octanol–water partition coefficient (Wildman–Crippen LogP) is 2.19. The van der Waals surface area contributed by atoms with Gasteiger partial charge in [-0.3, -0.25) is 9.89 Å². The Hall–Kier alpha value is -1.32. The van der Waals surface area contributed by atoms with Crippen molar-refractivity contribution >= 4 is 5.91 Å². The molecule has 3 atom stereocenters. The average molecular weight is 247 g/mol. The fraction of sp³-hybridized carbons (Fsp3) is 0.714. The van der Waals surface area contributed by atoms with Gasteiger partial charge in [-0.1, -0.05) is 6.42 Å². The first-order valence-corrected chi connectivity index (χ1v) is 6.95. The molecule has 0 aromatic carbocycles. The van der Waals surface area contributed by atoms with Crippen LogP contribution in [0.15, 0.2) is 0 Å². The lowest BCUT2D eigenvalue weighted by Gasteiger charge is -2.21. The third kappa shape index (κ3) is 1.93. The summed E-state index contributed by atoms with van der Waals surface area (Å²) in [6.07, 6.45) is 5.49. The number of aryl methyl sites for hydroxylation is 2. The lowest BCUT2D eigenvalue weighted by molar-refractivity contribution is 0.0940. The van der Waals surface area contributed by atoms with Crippen molar-refractivity contribution in [1.29, 1.82) is 0 Å². The van der Waals surface area contributed by atoms with E-state index in [9.17, 15) is 4.79 Å². The van der Waals surface area contributed by atoms with Crippen LogP contribution in [0, 0.1) is 31.6 Å². The highest BCUT2D eigenvalue weighted by Gasteiger charge is 2.39. The topological polar surface area (TPSA) is 57.8 Å². The smallest absolute Gasteiger partial charge is 0.255 e. The Kier molecular flexibility index (Phi) is 2.88. The summed E-state index contributed by atoms with van der Waals surface area (Å²) in [6.45, 7) is 4.60. The van der Waals surface area contributed by atoms with Crippen molar-refractivity contribution in [3.8, 4) is 0 Å². The Morgan fingerprint density at radius 1 is 1.39 bits per heavy atom. The van der Waals surface area contributed by atoms with Gasteiger partial charge in [-0.15, -0.1) is 0 Å². The quantitative estimate of drug-likeness (QED) is 0.860. The summed E-state index contributed by atoms with van der Waals surface area (Å²) in [4.78, 5) is 12.1. The molecule has 2 saturated carbocycles. The zero-order chi connectivity index (χ0) is 12.7. The first-order chi connectivity index (χ1) is 8.65. The molecule has 2 fully saturated rings. The minimum atomic E-state index is 0.0292. The number of aromatic amines is 1. The Bertz CT molecular complexity index is 446. The van der Waals surface area contributed by atoms with Crippen LogP contribution in [-0.2, 0) is 0 Å². The number of hydrogen-bond acceptors (Lipinski definition) is 2. The number of carbonyl (C=O) groups excluding carboxylic acids is 1. The molecule has 98 valence electrons. The van der Waals surface area contributed by atoms with Gasteiger partial charge in [0.05, 0.1) is 11.3 Å². The minimum Gasteiger partial charge on any atom is -0.352 e. The molecular weight excluding hydrogens is 226 g/mol. The van der Waals surface area contributed by atoms with E-state index in [2.05, 4.69) is 15.5 Å². The van der Waals surface area contributed by atoms with E-state index in [-0.39, 0.29) is 5.91 Å². The van der Waals surface area contributed by atoms with Crippen LogP contribution < -0.4 is 5.32 Å². The van der Waals surface area contributed by atoms with E-state index < -0.39 is 0 Å². The summed E-state index contributed by atoms with van der Waals surface area (Å²) in [5.74, 6) is 2.54. The standard InChI is InChI=1S/C14H21N3O/c1-8-13(9(2)17-16-8)14(18)15-7-12-6-10-3-4-11(12)5-10/h10-12H,3-7H2,1-2H3,(H,15,18)(H,16,17). The predicted molar refractivity (Wildman–Crippen MR) is 69.3 cm³/mol. The number of amides is 1. The average Bonchev–Trinajstić information content (AvgIpc) is 3.02. The number of fused-ring (bicyclic) bond motifs is 2. The van der Waals surface area contributed by atoms with Gasteiger partial charge in [0.15, 0.2) is 0 Å². The molecule has 2 bridgehead atoms. The zero-order valence-corrected chi connectivity index (χ0v) is 11.1. The Labute approximate surface area is 108 Å². The fourth-order valence-electron chi connectivity index (χ4n) is 3.82. The van der Waals surface area contributed by atoms with Crippen LogP contribution in [0.25, 0.3) is 0 Å². The first kappa shape index (κ1) is 11.8. The second-order valence-corrected chi connectivity index (χ2v) is 5.95. The Balaban J connectivity index is 1.59. The zero-order valence-electron chi connectivity index (χ0n) is 11.1.